The number of hydrogen-bond acceptors (Lipinski definition) is 5. The first-order valence-corrected chi connectivity index (χ1v) is 17.0. The van der Waals surface area contributed by atoms with Gasteiger partial charge in [0.25, 0.3) is 0 Å². The van der Waals surface area contributed by atoms with Gasteiger partial charge in [0, 0.05) is 9.79 Å². The van der Waals surface area contributed by atoms with Crippen molar-refractivity contribution in [1.29, 1.82) is 0 Å². The van der Waals surface area contributed by atoms with Crippen molar-refractivity contribution >= 4 is 11.8 Å². The summed E-state index contributed by atoms with van der Waals surface area (Å²) in [5.74, 6) is 0.600. The second-order valence-corrected chi connectivity index (χ2v) is 13.9. The van der Waals surface area contributed by atoms with Crippen LogP contribution in [-0.4, -0.2) is 10.2 Å². The number of para-hydroxylation sites is 2. The monoisotopic (exact) mass is 691 g/mol. The van der Waals surface area contributed by atoms with Gasteiger partial charge in [0.2, 0.25) is 0 Å². The van der Waals surface area contributed by atoms with Crippen molar-refractivity contribution in [2.75, 3.05) is 0 Å². The molecule has 1 radical (unpaired) electrons. The molecule has 253 valence electrons. The normalized spacial score (nSPS) is 10.9. The minimum Gasteiger partial charge on any atom is -0.872 e. The summed E-state index contributed by atoms with van der Waals surface area (Å²) in [5.41, 5.74) is 3.08. The van der Waals surface area contributed by atoms with Gasteiger partial charge in [-0.3, -0.25) is 0 Å². The van der Waals surface area contributed by atoms with Crippen molar-refractivity contribution in [1.82, 2.24) is 0 Å². The molecule has 6 heteroatoms. The molecular formula is C40H52CuO4S. The van der Waals surface area contributed by atoms with E-state index in [4.69, 9.17) is 0 Å². The molecule has 0 aliphatic rings. The van der Waals surface area contributed by atoms with Gasteiger partial charge in [-0.05, 0) is 71.2 Å². The van der Waals surface area contributed by atoms with Gasteiger partial charge in [0.15, 0.2) is 0 Å². The quantitative estimate of drug-likeness (QED) is 0.114. The van der Waals surface area contributed by atoms with E-state index < -0.39 is 0 Å². The van der Waals surface area contributed by atoms with Crippen molar-refractivity contribution in [2.24, 2.45) is 0 Å². The van der Waals surface area contributed by atoms with Crippen LogP contribution in [0.3, 0.4) is 0 Å². The summed E-state index contributed by atoms with van der Waals surface area (Å²) in [6.45, 7) is 13.6. The van der Waals surface area contributed by atoms with Gasteiger partial charge in [-0.2, -0.15) is 0 Å². The average Bonchev–Trinajstić information content (AvgIpc) is 3.01. The summed E-state index contributed by atoms with van der Waals surface area (Å²) in [5, 5.41) is 41.3. The third kappa shape index (κ3) is 14.6. The molecule has 0 spiro atoms. The first-order chi connectivity index (χ1) is 21.4. The van der Waals surface area contributed by atoms with E-state index in [9.17, 15) is 20.4 Å². The second kappa shape index (κ2) is 20.9. The van der Waals surface area contributed by atoms with Crippen LogP contribution in [0.2, 0.25) is 0 Å². The summed E-state index contributed by atoms with van der Waals surface area (Å²) in [7, 11) is 0. The largest absolute Gasteiger partial charge is 2.00 e. The molecule has 0 amide bonds. The van der Waals surface area contributed by atoms with Crippen molar-refractivity contribution in [3.05, 3.63) is 108 Å². The van der Waals surface area contributed by atoms with Crippen LogP contribution in [0.15, 0.2) is 107 Å². The van der Waals surface area contributed by atoms with Crippen LogP contribution in [0.5, 0.6) is 23.0 Å². The zero-order valence-corrected chi connectivity index (χ0v) is 30.1. The molecule has 0 aliphatic carbocycles. The van der Waals surface area contributed by atoms with Crippen molar-refractivity contribution in [3.8, 4) is 23.0 Å². The predicted molar refractivity (Wildman–Crippen MR) is 186 cm³/mol. The van der Waals surface area contributed by atoms with Crippen molar-refractivity contribution in [2.45, 2.75) is 114 Å². The van der Waals surface area contributed by atoms with Crippen LogP contribution in [0.1, 0.15) is 104 Å². The Morgan fingerprint density at radius 2 is 0.848 bits per heavy atom. The minimum absolute atomic E-state index is 0. The predicted octanol–water partition coefficient (Wildman–Crippen LogP) is 10.5. The summed E-state index contributed by atoms with van der Waals surface area (Å²) in [4.78, 5) is 1.17. The Morgan fingerprint density at radius 1 is 0.522 bits per heavy atom. The molecule has 4 rings (SSSR count). The van der Waals surface area contributed by atoms with Crippen molar-refractivity contribution in [3.63, 3.8) is 0 Å². The molecule has 4 aromatic rings. The average molecular weight is 692 g/mol. The Kier molecular flexibility index (Phi) is 18.7. The molecule has 4 aromatic carbocycles. The second-order valence-electron chi connectivity index (χ2n) is 12.8. The van der Waals surface area contributed by atoms with Crippen molar-refractivity contribution < 1.29 is 37.5 Å². The smallest absolute Gasteiger partial charge is 0.872 e. The third-order valence-corrected chi connectivity index (χ3v) is 9.14. The van der Waals surface area contributed by atoms with Crippen LogP contribution in [0.25, 0.3) is 0 Å². The fraction of sp³-hybridized carbons (Fsp3) is 0.400. The number of phenols is 2. The van der Waals surface area contributed by atoms with Crippen LogP contribution in [-0.2, 0) is 27.9 Å². The summed E-state index contributed by atoms with van der Waals surface area (Å²) < 4.78 is 0. The molecule has 0 unspecified atom stereocenters. The van der Waals surface area contributed by atoms with Gasteiger partial charge in [0.05, 0.1) is 0 Å². The van der Waals surface area contributed by atoms with E-state index in [1.807, 2.05) is 24.3 Å². The van der Waals surface area contributed by atoms with E-state index in [1.165, 1.54) is 86.4 Å². The van der Waals surface area contributed by atoms with E-state index in [1.54, 1.807) is 60.7 Å². The number of unbranched alkanes of at least 4 members (excludes halogenated alkanes) is 4. The van der Waals surface area contributed by atoms with E-state index in [2.05, 4.69) is 41.5 Å². The van der Waals surface area contributed by atoms with E-state index >= 15 is 0 Å². The fourth-order valence-corrected chi connectivity index (χ4v) is 5.80. The Labute approximate surface area is 292 Å². The molecule has 4 nitrogen and oxygen atoms in total. The summed E-state index contributed by atoms with van der Waals surface area (Å²) in [6.07, 6.45) is 10.1. The SMILES string of the molecule is CCCCCC(C)(C)c1ccc(O)cc1.CCCCCC(C)(C)c1ccc(O)cc1.[Cu+2].[O-]c1ccccc1Sc1ccccc1[O-]. The molecule has 0 fully saturated rings. The molecule has 0 atom stereocenters. The van der Waals surface area contributed by atoms with E-state index in [0.29, 0.717) is 21.3 Å². The molecular weight excluding hydrogens is 640 g/mol. The Balaban J connectivity index is 0.000000341. The van der Waals surface area contributed by atoms with E-state index in [0.717, 1.165) is 0 Å². The summed E-state index contributed by atoms with van der Waals surface area (Å²) >= 11 is 1.22. The molecule has 46 heavy (non-hydrogen) atoms. The minimum atomic E-state index is -0.0502. The van der Waals surface area contributed by atoms with Gasteiger partial charge in [0.1, 0.15) is 11.5 Å². The first kappa shape index (κ1) is 41.0. The van der Waals surface area contributed by atoms with Crippen LogP contribution in [0.4, 0.5) is 0 Å². The maximum absolute atomic E-state index is 11.4. The maximum atomic E-state index is 11.4. The number of phenolic OH excluding ortho intramolecular Hbond substituents is 2. The molecule has 0 saturated heterocycles. The van der Waals surface area contributed by atoms with Crippen LogP contribution < -0.4 is 10.2 Å². The Morgan fingerprint density at radius 3 is 1.15 bits per heavy atom. The molecule has 0 saturated carbocycles. The number of hydrogen-bond donors (Lipinski definition) is 2. The van der Waals surface area contributed by atoms with Gasteiger partial charge in [-0.1, -0.05) is 164 Å². The van der Waals surface area contributed by atoms with Gasteiger partial charge in [-0.25, -0.2) is 0 Å². The van der Waals surface area contributed by atoms with Gasteiger partial charge >= 0.3 is 17.1 Å². The zero-order chi connectivity index (χ0) is 33.3. The zero-order valence-electron chi connectivity index (χ0n) is 28.3. The van der Waals surface area contributed by atoms with Gasteiger partial charge < -0.3 is 20.4 Å². The number of aromatic hydroxyl groups is 2. The summed E-state index contributed by atoms with van der Waals surface area (Å²) in [6, 6.07) is 28.6. The van der Waals surface area contributed by atoms with Crippen LogP contribution in [0, 0.1) is 0 Å². The molecule has 0 aliphatic heterocycles. The van der Waals surface area contributed by atoms with E-state index in [-0.39, 0.29) is 39.4 Å². The Hall–Kier alpha value is -3.05. The van der Waals surface area contributed by atoms with Crippen LogP contribution >= 0.6 is 11.8 Å². The fourth-order valence-electron chi connectivity index (χ4n) is 4.94. The number of benzene rings is 4. The Bertz CT molecular complexity index is 1280. The third-order valence-electron chi connectivity index (χ3n) is 8.03. The molecule has 2 N–H and O–H groups in total. The maximum Gasteiger partial charge on any atom is 2.00 e. The standard InChI is InChI=1S/2C14H22O.C12H10O2S.Cu/c2*1-4-5-6-11-14(2,3)12-7-9-13(15)10-8-12;13-9-5-1-3-7-11(9)15-12-8-4-2-6-10(12)14;/h2*7-10,15H,4-6,11H2,1-3H3;1-8,13-14H;/q;;;+2/p-2. The number of rotatable bonds is 12. The molecule has 0 heterocycles. The van der Waals surface area contributed by atoms with Gasteiger partial charge in [-0.15, -0.1) is 0 Å². The first-order valence-electron chi connectivity index (χ1n) is 16.2. The molecule has 0 bridgehead atoms. The molecule has 0 aromatic heterocycles. The topological polar surface area (TPSA) is 86.6 Å².